The lowest BCUT2D eigenvalue weighted by Gasteiger charge is -2.17. The summed E-state index contributed by atoms with van der Waals surface area (Å²) in [5.41, 5.74) is 2.36. The summed E-state index contributed by atoms with van der Waals surface area (Å²) >= 11 is 0. The monoisotopic (exact) mass is 321 g/mol. The van der Waals surface area contributed by atoms with Gasteiger partial charge in [0.1, 0.15) is 0 Å². The predicted molar refractivity (Wildman–Crippen MR) is 95.7 cm³/mol. The number of rotatable bonds is 9. The Kier molecular flexibility index (Phi) is 9.33. The molecule has 0 aromatic heterocycles. The van der Waals surface area contributed by atoms with Crippen molar-refractivity contribution in [3.8, 4) is 0 Å². The number of nitrogens with one attached hydrogen (secondary N) is 2. The van der Waals surface area contributed by atoms with Gasteiger partial charge in [0.05, 0.1) is 25.9 Å². The van der Waals surface area contributed by atoms with E-state index < -0.39 is 0 Å². The highest BCUT2D eigenvalue weighted by molar-refractivity contribution is 5.80. The fourth-order valence-electron chi connectivity index (χ4n) is 2.02. The second-order valence-corrected chi connectivity index (χ2v) is 5.87. The maximum atomic E-state index is 5.61. The molecule has 0 bridgehead atoms. The summed E-state index contributed by atoms with van der Waals surface area (Å²) in [6.45, 7) is 11.0. The average molecular weight is 321 g/mol. The summed E-state index contributed by atoms with van der Waals surface area (Å²) in [6.07, 6.45) is 0.252. The smallest absolute Gasteiger partial charge is 0.191 e. The Hall–Kier alpha value is -1.59. The van der Waals surface area contributed by atoms with E-state index in [-0.39, 0.29) is 12.1 Å². The number of ether oxygens (including phenoxy) is 2. The fraction of sp³-hybridized carbons (Fsp3) is 0.611. The van der Waals surface area contributed by atoms with Crippen molar-refractivity contribution in [3.63, 3.8) is 0 Å². The Morgan fingerprint density at radius 1 is 1.13 bits per heavy atom. The maximum Gasteiger partial charge on any atom is 0.191 e. The zero-order chi connectivity index (χ0) is 17.1. The molecule has 0 fully saturated rings. The number of methoxy groups -OCH3 is 1. The average Bonchev–Trinajstić information content (AvgIpc) is 2.52. The van der Waals surface area contributed by atoms with E-state index in [0.717, 1.165) is 12.5 Å². The number of hydrogen-bond acceptors (Lipinski definition) is 3. The zero-order valence-electron chi connectivity index (χ0n) is 15.1. The van der Waals surface area contributed by atoms with Crippen molar-refractivity contribution < 1.29 is 9.47 Å². The molecular formula is C18H31N3O2. The molecule has 1 aromatic rings. The van der Waals surface area contributed by atoms with E-state index in [1.54, 1.807) is 7.11 Å². The quantitative estimate of drug-likeness (QED) is 0.542. The van der Waals surface area contributed by atoms with Gasteiger partial charge in [-0.2, -0.15) is 0 Å². The lowest BCUT2D eigenvalue weighted by Crippen LogP contribution is -2.43. The zero-order valence-corrected chi connectivity index (χ0v) is 15.1. The van der Waals surface area contributed by atoms with Crippen LogP contribution in [0.2, 0.25) is 0 Å². The van der Waals surface area contributed by atoms with Gasteiger partial charge < -0.3 is 20.1 Å². The highest BCUT2D eigenvalue weighted by Gasteiger charge is 2.04. The molecule has 0 amide bonds. The number of guanidine groups is 1. The summed E-state index contributed by atoms with van der Waals surface area (Å²) in [6, 6.07) is 8.62. The van der Waals surface area contributed by atoms with Gasteiger partial charge in [-0.3, -0.25) is 0 Å². The maximum absolute atomic E-state index is 5.61. The van der Waals surface area contributed by atoms with Gasteiger partial charge in [0.25, 0.3) is 0 Å². The van der Waals surface area contributed by atoms with E-state index >= 15 is 0 Å². The summed E-state index contributed by atoms with van der Waals surface area (Å²) in [5, 5.41) is 6.58. The largest absolute Gasteiger partial charge is 0.383 e. The molecule has 0 saturated carbocycles. The Labute approximate surface area is 140 Å². The van der Waals surface area contributed by atoms with E-state index in [1.807, 2.05) is 13.8 Å². The third kappa shape index (κ3) is 8.57. The first kappa shape index (κ1) is 19.5. The molecule has 1 aromatic carbocycles. The van der Waals surface area contributed by atoms with Crippen LogP contribution in [-0.4, -0.2) is 38.4 Å². The van der Waals surface area contributed by atoms with Gasteiger partial charge >= 0.3 is 0 Å². The van der Waals surface area contributed by atoms with Gasteiger partial charge in [-0.1, -0.05) is 24.3 Å². The molecule has 0 spiro atoms. The molecular weight excluding hydrogens is 290 g/mol. The van der Waals surface area contributed by atoms with Gasteiger partial charge in [0.15, 0.2) is 5.96 Å². The fourth-order valence-corrected chi connectivity index (χ4v) is 2.02. The van der Waals surface area contributed by atoms with Crippen LogP contribution in [0.15, 0.2) is 29.3 Å². The lowest BCUT2D eigenvalue weighted by atomic mass is 10.1. The van der Waals surface area contributed by atoms with Crippen LogP contribution in [0.25, 0.3) is 0 Å². The highest BCUT2D eigenvalue weighted by Crippen LogP contribution is 2.08. The van der Waals surface area contributed by atoms with Gasteiger partial charge in [-0.15, -0.1) is 0 Å². The van der Waals surface area contributed by atoms with Gasteiger partial charge in [-0.05, 0) is 38.8 Å². The highest BCUT2D eigenvalue weighted by atomic mass is 16.5. The molecule has 0 aliphatic rings. The van der Waals surface area contributed by atoms with E-state index in [1.165, 1.54) is 11.1 Å². The van der Waals surface area contributed by atoms with Crippen LogP contribution in [0.4, 0.5) is 0 Å². The van der Waals surface area contributed by atoms with Crippen molar-refractivity contribution in [3.05, 3.63) is 35.4 Å². The molecule has 1 atom stereocenters. The first-order valence-corrected chi connectivity index (χ1v) is 8.28. The normalized spacial score (nSPS) is 13.2. The summed E-state index contributed by atoms with van der Waals surface area (Å²) < 4.78 is 10.7. The standard InChI is InChI=1S/C18H31N3O2/c1-6-19-18(21-15(4)12-22-5)20-11-16-7-9-17(10-8-16)13-23-14(2)3/h7-10,14-15H,6,11-13H2,1-5H3,(H2,19,20,21). The number of benzene rings is 1. The molecule has 0 radical (unpaired) electrons. The Morgan fingerprint density at radius 3 is 2.35 bits per heavy atom. The first-order chi connectivity index (χ1) is 11.0. The first-order valence-electron chi connectivity index (χ1n) is 8.28. The third-order valence-corrected chi connectivity index (χ3v) is 3.17. The van der Waals surface area contributed by atoms with Crippen LogP contribution in [0, 0.1) is 0 Å². The second-order valence-electron chi connectivity index (χ2n) is 5.87. The van der Waals surface area contributed by atoms with Gasteiger partial charge in [0, 0.05) is 19.7 Å². The molecule has 0 heterocycles. The molecule has 5 nitrogen and oxygen atoms in total. The predicted octanol–water partition coefficient (Wildman–Crippen LogP) is 2.70. The van der Waals surface area contributed by atoms with Crippen molar-refractivity contribution in [2.45, 2.75) is 53.0 Å². The van der Waals surface area contributed by atoms with Crippen molar-refractivity contribution in [1.82, 2.24) is 10.6 Å². The van der Waals surface area contributed by atoms with E-state index in [4.69, 9.17) is 9.47 Å². The Bertz CT molecular complexity index is 458. The minimum atomic E-state index is 0.216. The van der Waals surface area contributed by atoms with Crippen LogP contribution in [-0.2, 0) is 22.6 Å². The molecule has 23 heavy (non-hydrogen) atoms. The summed E-state index contributed by atoms with van der Waals surface area (Å²) in [7, 11) is 1.70. The molecule has 1 unspecified atom stereocenters. The van der Waals surface area contributed by atoms with E-state index in [2.05, 4.69) is 53.7 Å². The van der Waals surface area contributed by atoms with Crippen molar-refractivity contribution in [1.29, 1.82) is 0 Å². The van der Waals surface area contributed by atoms with E-state index in [9.17, 15) is 0 Å². The van der Waals surface area contributed by atoms with Gasteiger partial charge in [0.2, 0.25) is 0 Å². The summed E-state index contributed by atoms with van der Waals surface area (Å²) in [5.74, 6) is 0.810. The van der Waals surface area contributed by atoms with Crippen molar-refractivity contribution in [2.75, 3.05) is 20.3 Å². The van der Waals surface area contributed by atoms with Crippen molar-refractivity contribution >= 4 is 5.96 Å². The molecule has 0 aliphatic carbocycles. The van der Waals surface area contributed by atoms with Crippen molar-refractivity contribution in [2.24, 2.45) is 4.99 Å². The number of aliphatic imine (C=N–C) groups is 1. The molecule has 1 rings (SSSR count). The number of hydrogen-bond donors (Lipinski definition) is 2. The molecule has 0 aliphatic heterocycles. The minimum absolute atomic E-state index is 0.216. The Morgan fingerprint density at radius 2 is 1.78 bits per heavy atom. The van der Waals surface area contributed by atoms with Crippen LogP contribution < -0.4 is 10.6 Å². The molecule has 0 saturated heterocycles. The van der Waals surface area contributed by atoms with E-state index in [0.29, 0.717) is 19.8 Å². The minimum Gasteiger partial charge on any atom is -0.383 e. The SMILES string of the molecule is CCNC(=NCc1ccc(COC(C)C)cc1)NC(C)COC. The molecule has 5 heteroatoms. The molecule has 130 valence electrons. The topological polar surface area (TPSA) is 54.9 Å². The van der Waals surface area contributed by atoms with Crippen LogP contribution in [0.1, 0.15) is 38.8 Å². The molecule has 2 N–H and O–H groups in total. The van der Waals surface area contributed by atoms with Crippen LogP contribution >= 0.6 is 0 Å². The Balaban J connectivity index is 2.57. The third-order valence-electron chi connectivity index (χ3n) is 3.17. The number of nitrogens with zero attached hydrogens (tertiary/aromatic N) is 1. The van der Waals surface area contributed by atoms with Crippen LogP contribution in [0.5, 0.6) is 0 Å². The summed E-state index contributed by atoms with van der Waals surface area (Å²) in [4.78, 5) is 4.62. The van der Waals surface area contributed by atoms with Gasteiger partial charge in [-0.25, -0.2) is 4.99 Å². The van der Waals surface area contributed by atoms with Crippen LogP contribution in [0.3, 0.4) is 0 Å². The lowest BCUT2D eigenvalue weighted by molar-refractivity contribution is 0.0657. The second kappa shape index (κ2) is 11.0.